The van der Waals surface area contributed by atoms with Gasteiger partial charge in [-0.3, -0.25) is 0 Å². The molecule has 3 rings (SSSR count). The monoisotopic (exact) mass is 344 g/mol. The molecule has 5 nitrogen and oxygen atoms in total. The molecule has 0 saturated carbocycles. The Hall–Kier alpha value is -2.24. The van der Waals surface area contributed by atoms with Crippen LogP contribution in [0.4, 0.5) is 0 Å². The molecular formula is C20H24O5. The lowest BCUT2D eigenvalue weighted by atomic mass is 9.93. The fourth-order valence-electron chi connectivity index (χ4n) is 3.28. The second kappa shape index (κ2) is 7.76. The Morgan fingerprint density at radius 2 is 1.84 bits per heavy atom. The van der Waals surface area contributed by atoms with Crippen molar-refractivity contribution in [2.24, 2.45) is 0 Å². The molecule has 0 amide bonds. The van der Waals surface area contributed by atoms with E-state index in [0.29, 0.717) is 18.6 Å². The lowest BCUT2D eigenvalue weighted by molar-refractivity contribution is -0.0998. The summed E-state index contributed by atoms with van der Waals surface area (Å²) in [5, 5.41) is 29.3. The van der Waals surface area contributed by atoms with Crippen LogP contribution in [0.25, 0.3) is 0 Å². The van der Waals surface area contributed by atoms with Crippen LogP contribution in [0.15, 0.2) is 42.5 Å². The number of aliphatic hydroxyl groups excluding tert-OH is 1. The third-order valence-electron chi connectivity index (χ3n) is 4.64. The molecule has 1 fully saturated rings. The number of aliphatic hydroxyl groups is 1. The molecule has 5 heteroatoms. The number of phenolic OH excluding ortho intramolecular Hbond substituents is 2. The molecule has 3 atom stereocenters. The van der Waals surface area contributed by atoms with Gasteiger partial charge in [-0.2, -0.15) is 0 Å². The summed E-state index contributed by atoms with van der Waals surface area (Å²) < 4.78 is 11.3. The summed E-state index contributed by atoms with van der Waals surface area (Å²) in [6.07, 6.45) is 2.10. The number of ether oxygens (including phenoxy) is 2. The van der Waals surface area contributed by atoms with Crippen molar-refractivity contribution < 1.29 is 24.8 Å². The molecule has 134 valence electrons. The molecule has 0 spiro atoms. The average Bonchev–Trinajstić information content (AvgIpc) is 2.61. The molecule has 25 heavy (non-hydrogen) atoms. The maximum absolute atomic E-state index is 10.2. The van der Waals surface area contributed by atoms with E-state index in [1.165, 1.54) is 7.11 Å². The van der Waals surface area contributed by atoms with Gasteiger partial charge in [0.05, 0.1) is 25.4 Å². The van der Waals surface area contributed by atoms with E-state index in [-0.39, 0.29) is 23.7 Å². The Balaban J connectivity index is 1.65. The van der Waals surface area contributed by atoms with E-state index in [9.17, 15) is 15.3 Å². The van der Waals surface area contributed by atoms with E-state index in [1.807, 2.05) is 12.1 Å². The van der Waals surface area contributed by atoms with Crippen LogP contribution in [0.5, 0.6) is 17.2 Å². The van der Waals surface area contributed by atoms with Crippen LogP contribution in [0.1, 0.15) is 36.5 Å². The van der Waals surface area contributed by atoms with E-state index >= 15 is 0 Å². The van der Waals surface area contributed by atoms with Crippen LogP contribution in [0.3, 0.4) is 0 Å². The zero-order valence-corrected chi connectivity index (χ0v) is 14.3. The van der Waals surface area contributed by atoms with E-state index in [0.717, 1.165) is 24.0 Å². The first-order valence-electron chi connectivity index (χ1n) is 8.53. The van der Waals surface area contributed by atoms with Gasteiger partial charge in [-0.1, -0.05) is 18.2 Å². The number of methoxy groups -OCH3 is 1. The second-order valence-electron chi connectivity index (χ2n) is 6.51. The van der Waals surface area contributed by atoms with Gasteiger partial charge in [0.1, 0.15) is 5.75 Å². The maximum Gasteiger partial charge on any atom is 0.160 e. The Kier molecular flexibility index (Phi) is 5.46. The smallest absolute Gasteiger partial charge is 0.160 e. The van der Waals surface area contributed by atoms with Crippen molar-refractivity contribution in [3.63, 3.8) is 0 Å². The molecular weight excluding hydrogens is 320 g/mol. The highest BCUT2D eigenvalue weighted by Crippen LogP contribution is 2.36. The lowest BCUT2D eigenvalue weighted by Crippen LogP contribution is -2.31. The number of phenols is 2. The van der Waals surface area contributed by atoms with Gasteiger partial charge in [0.25, 0.3) is 0 Å². The summed E-state index contributed by atoms with van der Waals surface area (Å²) in [7, 11) is 1.51. The number of aryl methyl sites for hydroxylation is 1. The first-order chi connectivity index (χ1) is 12.0. The van der Waals surface area contributed by atoms with Gasteiger partial charge in [-0.15, -0.1) is 0 Å². The van der Waals surface area contributed by atoms with Gasteiger partial charge in [0, 0.05) is 6.42 Å². The topological polar surface area (TPSA) is 79.2 Å². The van der Waals surface area contributed by atoms with Gasteiger partial charge >= 0.3 is 0 Å². The highest BCUT2D eigenvalue weighted by Gasteiger charge is 2.29. The van der Waals surface area contributed by atoms with Gasteiger partial charge in [-0.25, -0.2) is 0 Å². The Bertz CT molecular complexity index is 698. The zero-order chi connectivity index (χ0) is 17.8. The van der Waals surface area contributed by atoms with Gasteiger partial charge < -0.3 is 24.8 Å². The van der Waals surface area contributed by atoms with Crippen LogP contribution in [-0.4, -0.2) is 34.6 Å². The van der Waals surface area contributed by atoms with Crippen LogP contribution >= 0.6 is 0 Å². The Morgan fingerprint density at radius 1 is 1.08 bits per heavy atom. The van der Waals surface area contributed by atoms with Crippen molar-refractivity contribution in [3.05, 3.63) is 53.6 Å². The van der Waals surface area contributed by atoms with E-state index < -0.39 is 6.10 Å². The number of hydrogen-bond donors (Lipinski definition) is 3. The fraction of sp³-hybridized carbons (Fsp3) is 0.400. The largest absolute Gasteiger partial charge is 0.508 e. The summed E-state index contributed by atoms with van der Waals surface area (Å²) in [4.78, 5) is 0. The van der Waals surface area contributed by atoms with Crippen molar-refractivity contribution in [2.75, 3.05) is 7.11 Å². The predicted molar refractivity (Wildman–Crippen MR) is 93.9 cm³/mol. The van der Waals surface area contributed by atoms with Gasteiger partial charge in [0.2, 0.25) is 0 Å². The van der Waals surface area contributed by atoms with E-state index in [2.05, 4.69) is 0 Å². The second-order valence-corrected chi connectivity index (χ2v) is 6.51. The zero-order valence-electron chi connectivity index (χ0n) is 14.3. The van der Waals surface area contributed by atoms with Crippen molar-refractivity contribution in [1.82, 2.24) is 0 Å². The molecule has 1 aliphatic heterocycles. The van der Waals surface area contributed by atoms with Crippen LogP contribution in [0.2, 0.25) is 0 Å². The maximum atomic E-state index is 10.2. The molecule has 0 bridgehead atoms. The van der Waals surface area contributed by atoms with E-state index in [1.54, 1.807) is 30.3 Å². The summed E-state index contributed by atoms with van der Waals surface area (Å²) in [6.45, 7) is 0. The Morgan fingerprint density at radius 3 is 2.56 bits per heavy atom. The number of rotatable bonds is 5. The van der Waals surface area contributed by atoms with Crippen LogP contribution in [-0.2, 0) is 11.2 Å². The molecule has 0 unspecified atom stereocenters. The first-order valence-corrected chi connectivity index (χ1v) is 8.53. The fourth-order valence-corrected chi connectivity index (χ4v) is 3.28. The summed E-state index contributed by atoms with van der Waals surface area (Å²) in [6, 6.07) is 12.3. The van der Waals surface area contributed by atoms with Crippen molar-refractivity contribution in [1.29, 1.82) is 0 Å². The highest BCUT2D eigenvalue weighted by atomic mass is 16.5. The molecule has 0 aromatic heterocycles. The van der Waals surface area contributed by atoms with Crippen LogP contribution in [0, 0.1) is 0 Å². The molecule has 1 aliphatic rings. The molecule has 1 saturated heterocycles. The number of aromatic hydroxyl groups is 2. The lowest BCUT2D eigenvalue weighted by Gasteiger charge is -2.33. The third-order valence-corrected chi connectivity index (χ3v) is 4.64. The van der Waals surface area contributed by atoms with Gasteiger partial charge in [-0.05, 0) is 54.7 Å². The SMILES string of the molecule is COc1cc([C@@H]2C[C@H](O)C[C@H](CCc3ccc(O)cc3)O2)ccc1O. The van der Waals surface area contributed by atoms with E-state index in [4.69, 9.17) is 9.47 Å². The standard InChI is InChI=1S/C20H24O5/c1-24-20-10-14(5-9-18(20)23)19-12-16(22)11-17(25-19)8-4-13-2-6-15(21)7-3-13/h2-3,5-7,9-10,16-17,19,21-23H,4,8,11-12H2,1H3/t16-,17+,19+/m1/s1. The Labute approximate surface area is 147 Å². The van der Waals surface area contributed by atoms with Crippen molar-refractivity contribution >= 4 is 0 Å². The quantitative estimate of drug-likeness (QED) is 0.775. The molecule has 3 N–H and O–H groups in total. The predicted octanol–water partition coefficient (Wildman–Crippen LogP) is 3.32. The number of hydrogen-bond acceptors (Lipinski definition) is 5. The van der Waals surface area contributed by atoms with Crippen molar-refractivity contribution in [2.45, 2.75) is 44.0 Å². The molecule has 0 radical (unpaired) electrons. The summed E-state index contributed by atoms with van der Waals surface area (Å²) in [5.74, 6) is 0.753. The van der Waals surface area contributed by atoms with Crippen LogP contribution < -0.4 is 4.74 Å². The highest BCUT2D eigenvalue weighted by molar-refractivity contribution is 5.42. The molecule has 0 aliphatic carbocycles. The van der Waals surface area contributed by atoms with Gasteiger partial charge in [0.15, 0.2) is 11.5 Å². The normalized spacial score (nSPS) is 23.4. The minimum absolute atomic E-state index is 0.0395. The number of benzene rings is 2. The first kappa shape index (κ1) is 17.6. The van der Waals surface area contributed by atoms with Crippen molar-refractivity contribution in [3.8, 4) is 17.2 Å². The molecule has 2 aromatic rings. The molecule has 1 heterocycles. The minimum Gasteiger partial charge on any atom is -0.508 e. The summed E-state index contributed by atoms with van der Waals surface area (Å²) >= 11 is 0. The average molecular weight is 344 g/mol. The summed E-state index contributed by atoms with van der Waals surface area (Å²) in [5.41, 5.74) is 2.02. The minimum atomic E-state index is -0.414. The third kappa shape index (κ3) is 4.44. The molecule has 2 aromatic carbocycles.